The van der Waals surface area contributed by atoms with Crippen LogP contribution in [-0.2, 0) is 4.74 Å². The van der Waals surface area contributed by atoms with Gasteiger partial charge in [0.25, 0.3) is 0 Å². The summed E-state index contributed by atoms with van der Waals surface area (Å²) in [7, 11) is 0. The maximum Gasteiger partial charge on any atom is 0.0594 e. The number of hydrogen-bond donors (Lipinski definition) is 1. The van der Waals surface area contributed by atoms with E-state index in [1.165, 1.54) is 25.7 Å². The third-order valence-electron chi connectivity index (χ3n) is 3.64. The predicted octanol–water partition coefficient (Wildman–Crippen LogP) is 4.60. The molecule has 1 N–H and O–H groups in total. The molecule has 19 heavy (non-hydrogen) atoms. The van der Waals surface area contributed by atoms with E-state index >= 15 is 0 Å². The van der Waals surface area contributed by atoms with E-state index in [0.717, 1.165) is 18.7 Å². The first-order valence-corrected chi connectivity index (χ1v) is 7.72. The van der Waals surface area contributed by atoms with Gasteiger partial charge >= 0.3 is 0 Å². The summed E-state index contributed by atoms with van der Waals surface area (Å²) in [6, 6.07) is 5.83. The van der Waals surface area contributed by atoms with Crippen molar-refractivity contribution in [2.24, 2.45) is 0 Å². The molecule has 1 fully saturated rings. The lowest BCUT2D eigenvalue weighted by Crippen LogP contribution is -2.25. The molecule has 1 aromatic carbocycles. The Kier molecular flexibility index (Phi) is 5.96. The van der Waals surface area contributed by atoms with Crippen molar-refractivity contribution in [3.05, 3.63) is 33.8 Å². The number of rotatable bonds is 6. The predicted molar refractivity (Wildman–Crippen MR) is 81.1 cm³/mol. The van der Waals surface area contributed by atoms with Gasteiger partial charge in [-0.2, -0.15) is 0 Å². The van der Waals surface area contributed by atoms with Crippen molar-refractivity contribution in [2.45, 2.75) is 44.8 Å². The highest BCUT2D eigenvalue weighted by atomic mass is 35.5. The van der Waals surface area contributed by atoms with E-state index in [4.69, 9.17) is 27.9 Å². The number of hydrogen-bond acceptors (Lipinski definition) is 2. The van der Waals surface area contributed by atoms with E-state index in [9.17, 15) is 0 Å². The minimum absolute atomic E-state index is 0.206. The molecule has 0 aliphatic heterocycles. The number of benzene rings is 1. The van der Waals surface area contributed by atoms with Gasteiger partial charge in [0.15, 0.2) is 0 Å². The summed E-state index contributed by atoms with van der Waals surface area (Å²) in [6.45, 7) is 3.71. The average molecular weight is 302 g/mol. The smallest absolute Gasteiger partial charge is 0.0594 e. The Labute approximate surface area is 125 Å². The van der Waals surface area contributed by atoms with Gasteiger partial charge in [0.05, 0.1) is 12.7 Å². The molecule has 0 radical (unpaired) electrons. The summed E-state index contributed by atoms with van der Waals surface area (Å²) >= 11 is 12.1. The van der Waals surface area contributed by atoms with Crippen LogP contribution < -0.4 is 5.32 Å². The minimum atomic E-state index is 0.206. The third kappa shape index (κ3) is 4.64. The summed E-state index contributed by atoms with van der Waals surface area (Å²) in [4.78, 5) is 0. The maximum atomic E-state index is 6.19. The largest absolute Gasteiger partial charge is 0.377 e. The molecule has 1 aliphatic carbocycles. The van der Waals surface area contributed by atoms with Crippen LogP contribution in [0.3, 0.4) is 0 Å². The van der Waals surface area contributed by atoms with E-state index in [1.54, 1.807) is 6.07 Å². The zero-order valence-corrected chi connectivity index (χ0v) is 12.8. The highest BCUT2D eigenvalue weighted by molar-refractivity contribution is 6.35. The van der Waals surface area contributed by atoms with E-state index in [1.807, 2.05) is 12.1 Å². The van der Waals surface area contributed by atoms with Crippen molar-refractivity contribution in [3.63, 3.8) is 0 Å². The first-order valence-electron chi connectivity index (χ1n) is 6.97. The molecule has 4 heteroatoms. The van der Waals surface area contributed by atoms with Gasteiger partial charge in [-0.1, -0.05) is 42.1 Å². The second kappa shape index (κ2) is 7.49. The minimum Gasteiger partial charge on any atom is -0.377 e. The number of nitrogens with one attached hydrogen (secondary N) is 1. The average Bonchev–Trinajstić information content (AvgIpc) is 2.87. The Balaban J connectivity index is 1.72. The molecular formula is C15H21Cl2NO. The molecule has 1 atom stereocenters. The highest BCUT2D eigenvalue weighted by Gasteiger charge is 2.15. The Morgan fingerprint density at radius 1 is 1.32 bits per heavy atom. The standard InChI is InChI=1S/C15H21Cl2NO/c1-11(14-7-6-12(16)10-15(14)17)18-8-9-19-13-4-2-3-5-13/h6-7,10-11,13,18H,2-5,8-9H2,1H3. The molecule has 2 nitrogen and oxygen atoms in total. The quantitative estimate of drug-likeness (QED) is 0.775. The molecule has 1 aliphatic rings. The van der Waals surface area contributed by atoms with Gasteiger partial charge in [-0.3, -0.25) is 0 Å². The van der Waals surface area contributed by atoms with E-state index in [2.05, 4.69) is 12.2 Å². The van der Waals surface area contributed by atoms with Crippen molar-refractivity contribution in [2.75, 3.05) is 13.2 Å². The van der Waals surface area contributed by atoms with E-state index in [0.29, 0.717) is 16.1 Å². The van der Waals surface area contributed by atoms with E-state index in [-0.39, 0.29) is 6.04 Å². The van der Waals surface area contributed by atoms with Gasteiger partial charge in [0, 0.05) is 22.6 Å². The fraction of sp³-hybridized carbons (Fsp3) is 0.600. The third-order valence-corrected chi connectivity index (χ3v) is 4.20. The van der Waals surface area contributed by atoms with Gasteiger partial charge < -0.3 is 10.1 Å². The molecule has 0 saturated heterocycles. The van der Waals surface area contributed by atoms with Crippen LogP contribution in [0.25, 0.3) is 0 Å². The van der Waals surface area contributed by atoms with Crippen LogP contribution in [0, 0.1) is 0 Å². The second-order valence-electron chi connectivity index (χ2n) is 5.12. The van der Waals surface area contributed by atoms with Gasteiger partial charge in [-0.05, 0) is 37.5 Å². The topological polar surface area (TPSA) is 21.3 Å². The maximum absolute atomic E-state index is 6.19. The van der Waals surface area contributed by atoms with Gasteiger partial charge in [0.1, 0.15) is 0 Å². The molecule has 1 unspecified atom stereocenters. The lowest BCUT2D eigenvalue weighted by atomic mass is 10.1. The van der Waals surface area contributed by atoms with Crippen LogP contribution in [-0.4, -0.2) is 19.3 Å². The van der Waals surface area contributed by atoms with Gasteiger partial charge in [-0.25, -0.2) is 0 Å². The lowest BCUT2D eigenvalue weighted by Gasteiger charge is -2.17. The van der Waals surface area contributed by atoms with Crippen molar-refractivity contribution < 1.29 is 4.74 Å². The van der Waals surface area contributed by atoms with E-state index < -0.39 is 0 Å². The summed E-state index contributed by atoms with van der Waals surface area (Å²) in [6.07, 6.45) is 5.55. The van der Waals surface area contributed by atoms with Crippen LogP contribution in [0.1, 0.15) is 44.2 Å². The summed E-state index contributed by atoms with van der Waals surface area (Å²) in [5.74, 6) is 0. The molecule has 1 saturated carbocycles. The zero-order valence-electron chi connectivity index (χ0n) is 11.3. The fourth-order valence-corrected chi connectivity index (χ4v) is 3.09. The van der Waals surface area contributed by atoms with Crippen molar-refractivity contribution in [3.8, 4) is 0 Å². The Morgan fingerprint density at radius 3 is 2.74 bits per heavy atom. The van der Waals surface area contributed by atoms with Crippen LogP contribution >= 0.6 is 23.2 Å². The first kappa shape index (κ1) is 15.1. The molecule has 0 heterocycles. The van der Waals surface area contributed by atoms with Gasteiger partial charge in [0.2, 0.25) is 0 Å². The fourth-order valence-electron chi connectivity index (χ4n) is 2.52. The van der Waals surface area contributed by atoms with Crippen molar-refractivity contribution in [1.29, 1.82) is 0 Å². The van der Waals surface area contributed by atoms with Crippen LogP contribution in [0.2, 0.25) is 10.0 Å². The highest BCUT2D eigenvalue weighted by Crippen LogP contribution is 2.26. The molecule has 0 aromatic heterocycles. The zero-order chi connectivity index (χ0) is 13.7. The van der Waals surface area contributed by atoms with Crippen LogP contribution in [0.5, 0.6) is 0 Å². The SMILES string of the molecule is CC(NCCOC1CCCC1)c1ccc(Cl)cc1Cl. The summed E-state index contributed by atoms with van der Waals surface area (Å²) in [5, 5.41) is 4.81. The Hall–Kier alpha value is -0.280. The Morgan fingerprint density at radius 2 is 2.05 bits per heavy atom. The molecule has 0 amide bonds. The van der Waals surface area contributed by atoms with Crippen LogP contribution in [0.15, 0.2) is 18.2 Å². The monoisotopic (exact) mass is 301 g/mol. The lowest BCUT2D eigenvalue weighted by molar-refractivity contribution is 0.0593. The van der Waals surface area contributed by atoms with Crippen molar-refractivity contribution >= 4 is 23.2 Å². The molecule has 0 spiro atoms. The normalized spacial score (nSPS) is 17.8. The molecular weight excluding hydrogens is 281 g/mol. The molecule has 2 rings (SSSR count). The summed E-state index contributed by atoms with van der Waals surface area (Å²) in [5.41, 5.74) is 1.08. The Bertz CT molecular complexity index is 405. The first-order chi connectivity index (χ1) is 9.16. The number of ether oxygens (including phenoxy) is 1. The van der Waals surface area contributed by atoms with Gasteiger partial charge in [-0.15, -0.1) is 0 Å². The van der Waals surface area contributed by atoms with Crippen LogP contribution in [0.4, 0.5) is 0 Å². The molecule has 0 bridgehead atoms. The second-order valence-corrected chi connectivity index (χ2v) is 5.96. The summed E-state index contributed by atoms with van der Waals surface area (Å²) < 4.78 is 5.82. The van der Waals surface area contributed by atoms with Crippen molar-refractivity contribution in [1.82, 2.24) is 5.32 Å². The molecule has 1 aromatic rings. The number of halogens is 2. The molecule has 106 valence electrons.